The molecule has 0 bridgehead atoms. The van der Waals surface area contributed by atoms with Crippen molar-refractivity contribution in [2.75, 3.05) is 76.6 Å². The molecule has 0 spiro atoms. The quantitative estimate of drug-likeness (QED) is 0.0412. The number of hydrogen-bond donors (Lipinski definition) is 0. The van der Waals surface area contributed by atoms with E-state index < -0.39 is 99.8 Å². The van der Waals surface area contributed by atoms with Gasteiger partial charge in [0.1, 0.15) is 34.9 Å². The minimum atomic E-state index is -4.68. The van der Waals surface area contributed by atoms with Gasteiger partial charge in [0.05, 0.1) is 64.8 Å². The molecule has 0 atom stereocenters. The Morgan fingerprint density at radius 3 is 0.980 bits per heavy atom. The van der Waals surface area contributed by atoms with Gasteiger partial charge < -0.3 is 123 Å². The van der Waals surface area contributed by atoms with E-state index in [1.807, 2.05) is 271 Å². The number of nitriles is 3. The summed E-state index contributed by atoms with van der Waals surface area (Å²) in [4.78, 5) is 45.9. The van der Waals surface area contributed by atoms with Gasteiger partial charge in [0, 0.05) is 95.9 Å². The number of anilines is 9. The first kappa shape index (κ1) is 113. The average Bonchev–Trinajstić information content (AvgIpc) is 1.72. The van der Waals surface area contributed by atoms with Gasteiger partial charge in [-0.15, -0.1) is 131 Å². The molecule has 149 heavy (non-hydrogen) atoms. The summed E-state index contributed by atoms with van der Waals surface area (Å²) in [5, 5.41) is 47.5. The van der Waals surface area contributed by atoms with Crippen LogP contribution in [0.2, 0.25) is 0 Å². The third-order valence-electron chi connectivity index (χ3n) is 20.3. The third-order valence-corrected chi connectivity index (χ3v) is 20.3. The van der Waals surface area contributed by atoms with Crippen molar-refractivity contribution in [1.82, 2.24) is 89.9 Å². The molecule has 50 heteroatoms. The molecule has 0 aliphatic carbocycles. The van der Waals surface area contributed by atoms with Crippen molar-refractivity contribution in [3.05, 3.63) is 388 Å². The van der Waals surface area contributed by atoms with Gasteiger partial charge in [-0.25, -0.2) is 9.97 Å². The molecule has 13 aromatic rings. The molecule has 9 aromatic heterocycles. The zero-order valence-corrected chi connectivity index (χ0v) is 86.2. The number of alkyl halides is 9. The summed E-state index contributed by atoms with van der Waals surface area (Å²) in [7, 11) is 11.7. The number of nitrogens with zero attached hydrogens (tertiary/aromatic N) is 28. The summed E-state index contributed by atoms with van der Waals surface area (Å²) in [6.45, 7) is 20.3. The summed E-state index contributed by atoms with van der Waals surface area (Å²) in [5.74, 6) is -9.34. The van der Waals surface area contributed by atoms with Crippen LogP contribution < -0.4 is 68.5 Å². The Labute approximate surface area is 884 Å². The number of aromatic nitrogens is 12. The van der Waals surface area contributed by atoms with Crippen LogP contribution in [0.5, 0.6) is 46.6 Å². The number of hydrogen-bond acceptors (Lipinski definition) is 29. The number of rotatable bonds is 19. The summed E-state index contributed by atoms with van der Waals surface area (Å²) in [6, 6.07) is 55.5. The van der Waals surface area contributed by atoms with Crippen molar-refractivity contribution in [1.29, 1.82) is 15.8 Å². The largest absolute Gasteiger partial charge is 0.578 e. The standard InChI is InChI=1S/C23H16F5N5O.C17H11F5N4O.3C15H14N5.C14H5F5N4O2.3Ir/c1-12-9-13(2)21(14(3)10-12)33(19-11-16(31-32-19)23(26,27)28)18-5-4-6-20(30-18)34-15-7-8-17(24)29-22(15)25;1-16(2,11-8-12(26-25-11)17(20,21)22)10-4-3-5-14(23-10)27-9-6-7-13(18)24-15(9)19;3*1-17-3-5-19(11-17)14-7-13(10-16)8-15(9-14)20-6-4-18(2)12-20;15-9-5-4-7(13(16)20-9)24-10-2-1-3-11(21-10)25-12-6-8(22-23-12)14(17,18)19;;;/h4-6,8-11H,1-3H3;3-5,7-8H,1-2H3;3*3-8,11-12H,1-2H3;1-3,5-6H;;;/q2*-2;3*-3;-2;;;. The molecule has 6 aliphatic heterocycles. The first-order chi connectivity index (χ1) is 69.4. The molecule has 781 valence electrons. The molecular weight excluding hydrogens is 2510 g/mol. The molecule has 0 saturated carbocycles. The predicted molar refractivity (Wildman–Crippen MR) is 496 cm³/mol. The zero-order valence-electron chi connectivity index (χ0n) is 79.0. The van der Waals surface area contributed by atoms with Gasteiger partial charge in [0.25, 0.3) is 0 Å². The molecule has 19 rings (SSSR count). The maximum absolute atomic E-state index is 13.9. The molecule has 0 amide bonds. The first-order valence-electron chi connectivity index (χ1n) is 42.5. The Bertz CT molecular complexity index is 6810. The maximum Gasteiger partial charge on any atom is 0.433 e. The molecule has 32 nitrogen and oxygen atoms in total. The number of benzene rings is 4. The van der Waals surface area contributed by atoms with Crippen molar-refractivity contribution in [3.8, 4) is 64.9 Å². The second-order valence-electron chi connectivity index (χ2n) is 32.1. The van der Waals surface area contributed by atoms with Crippen molar-refractivity contribution >= 4 is 51.4 Å². The molecule has 0 unspecified atom stereocenters. The van der Waals surface area contributed by atoms with Gasteiger partial charge in [-0.2, -0.15) is 100 Å². The normalized spacial score (nSPS) is 13.7. The number of halogens is 15. The number of aryl methyl sites for hydroxylation is 3. The second-order valence-corrected chi connectivity index (χ2v) is 32.1. The minimum absolute atomic E-state index is 0. The van der Waals surface area contributed by atoms with Gasteiger partial charge in [-0.1, -0.05) is 66.4 Å². The van der Waals surface area contributed by atoms with E-state index in [0.29, 0.717) is 34.1 Å². The average molecular weight is 2580 g/mol. The maximum atomic E-state index is 13.9. The number of pyridine rings is 6. The SMILES string of the molecule is CC(C)(c1cccc(Oc2[c-]cc(F)nc2F)n1)c1cc(C(F)(F)F)n[n-]1.CN1C=CN(c2[c-]c(N3C=CN(C)[CH-]3)cc(C#N)c2)[CH-]1.CN1C=CN(c2[c-]c(N3C=CN(C)[CH-]3)cc(C#N)c2)[CH-]1.CN1C=CN(c2[c-]c(N3C=CN(C)[CH-]3)cc(C#N)c2)[CH-]1.Cc1cc(C)c(N(c2cccc(Oc3[c-]cc(F)nc3F)n2)c2cc(C(F)(F)F)n[n-]2)c(C)c1.Fc1c[c-]c(Oc2cccc(Oc3cc(C(F)(F)F)n[n-]3)n2)c(F)n1.[Ir].[Ir].[Ir]. The Hall–Kier alpha value is -16.2. The Morgan fingerprint density at radius 1 is 0.356 bits per heavy atom. The van der Waals surface area contributed by atoms with Gasteiger partial charge in [0.15, 0.2) is 0 Å². The zero-order chi connectivity index (χ0) is 105. The van der Waals surface area contributed by atoms with E-state index in [1.165, 1.54) is 53.4 Å². The van der Waals surface area contributed by atoms with Crippen molar-refractivity contribution in [3.63, 3.8) is 0 Å². The summed E-state index contributed by atoms with van der Waals surface area (Å²) < 4.78 is 215. The predicted octanol–water partition coefficient (Wildman–Crippen LogP) is 19.8. The molecule has 0 N–H and O–H groups in total. The van der Waals surface area contributed by atoms with Crippen LogP contribution in [-0.4, -0.2) is 117 Å². The van der Waals surface area contributed by atoms with E-state index in [4.69, 9.17) is 18.9 Å². The third kappa shape index (κ3) is 29.6. The molecule has 4 aromatic carbocycles. The van der Waals surface area contributed by atoms with Crippen molar-refractivity contribution < 1.29 is 145 Å². The van der Waals surface area contributed by atoms with Crippen LogP contribution >= 0.6 is 0 Å². The van der Waals surface area contributed by atoms with Gasteiger partial charge in [-0.05, 0) is 190 Å². The molecule has 0 saturated heterocycles. The van der Waals surface area contributed by atoms with Gasteiger partial charge in [0.2, 0.25) is 23.5 Å². The fourth-order valence-corrected chi connectivity index (χ4v) is 13.6. The van der Waals surface area contributed by atoms with E-state index in [9.17, 15) is 81.6 Å². The monoisotopic (exact) mass is 2580 g/mol. The van der Waals surface area contributed by atoms with E-state index in [-0.39, 0.29) is 101 Å². The summed E-state index contributed by atoms with van der Waals surface area (Å²) in [6.07, 6.45) is 9.35. The van der Waals surface area contributed by atoms with Crippen LogP contribution in [-0.2, 0) is 84.3 Å². The van der Waals surface area contributed by atoms with Gasteiger partial charge in [-0.3, -0.25) is 31.4 Å². The van der Waals surface area contributed by atoms with Gasteiger partial charge >= 0.3 is 18.5 Å². The molecule has 3 radical (unpaired) electrons. The van der Waals surface area contributed by atoms with Crippen molar-refractivity contribution in [2.24, 2.45) is 0 Å². The Balaban J connectivity index is 0.000000171. The summed E-state index contributed by atoms with van der Waals surface area (Å²) in [5.41, 5.74) is 5.76. The fraction of sp³-hybridized carbons (Fsp3) is 0.152. The van der Waals surface area contributed by atoms with E-state index in [0.717, 1.165) is 81.1 Å². The Kier molecular flexibility index (Phi) is 37.1. The van der Waals surface area contributed by atoms with Crippen LogP contribution in [0.4, 0.5) is 117 Å². The minimum Gasteiger partial charge on any atom is -0.578 e. The molecule has 6 aliphatic rings. The van der Waals surface area contributed by atoms with E-state index >= 15 is 0 Å². The topological polar surface area (TPSA) is 309 Å². The number of ether oxygens (including phenoxy) is 4. The van der Waals surface area contributed by atoms with Crippen LogP contribution in [0.1, 0.15) is 75.7 Å². The molecule has 0 fully saturated rings. The van der Waals surface area contributed by atoms with Crippen LogP contribution in [0, 0.1) is 167 Å². The van der Waals surface area contributed by atoms with Crippen molar-refractivity contribution in [2.45, 2.75) is 58.6 Å². The second kappa shape index (κ2) is 48.9. The van der Waals surface area contributed by atoms with Crippen LogP contribution in [0.15, 0.2) is 214 Å². The van der Waals surface area contributed by atoms with Crippen LogP contribution in [0.3, 0.4) is 0 Å². The van der Waals surface area contributed by atoms with E-state index in [1.54, 1.807) is 33.8 Å². The van der Waals surface area contributed by atoms with E-state index in [2.05, 4.69) is 115 Å². The summed E-state index contributed by atoms with van der Waals surface area (Å²) >= 11 is 0. The first-order valence-corrected chi connectivity index (χ1v) is 42.5. The van der Waals surface area contributed by atoms with Crippen LogP contribution in [0.25, 0.3) is 0 Å². The fourth-order valence-electron chi connectivity index (χ4n) is 13.6. The molecule has 15 heterocycles. The smallest absolute Gasteiger partial charge is 0.433 e. The molecular formula is C99H74F15Ir3N28O4-15. The Morgan fingerprint density at radius 2 is 0.664 bits per heavy atom.